The van der Waals surface area contributed by atoms with Gasteiger partial charge in [-0.2, -0.15) is 0 Å². The molecule has 0 aliphatic carbocycles. The van der Waals surface area contributed by atoms with Crippen molar-refractivity contribution >= 4 is 22.7 Å². The molecule has 0 radical (unpaired) electrons. The molecular formula is C21H15FN2O4. The van der Waals surface area contributed by atoms with E-state index in [2.05, 4.69) is 10.1 Å². The third-order valence-electron chi connectivity index (χ3n) is 4.55. The number of aromatic nitrogens is 2. The Bertz CT molecular complexity index is 1210. The van der Waals surface area contributed by atoms with E-state index in [-0.39, 0.29) is 18.0 Å². The van der Waals surface area contributed by atoms with Crippen molar-refractivity contribution in [2.24, 2.45) is 0 Å². The monoisotopic (exact) mass is 378 g/mol. The molecule has 2 aromatic carbocycles. The number of carbonyl (C=O) groups is 2. The standard InChI is InChI=1S/C21H15FN2O4/c1-11-19(20(24-28-11)13-3-5-14(22)6-4-13)21(27)16-10-23-17-8-12(9-18(25)26)2-7-15(16)17/h2-8,10,23H,9H2,1H3,(H,25,26). The van der Waals surface area contributed by atoms with Crippen LogP contribution in [0.15, 0.2) is 53.2 Å². The number of hydrogen-bond acceptors (Lipinski definition) is 4. The number of ketones is 1. The van der Waals surface area contributed by atoms with Crippen molar-refractivity contribution in [1.82, 2.24) is 10.1 Å². The highest BCUT2D eigenvalue weighted by atomic mass is 19.1. The van der Waals surface area contributed by atoms with Gasteiger partial charge in [0, 0.05) is 28.2 Å². The molecule has 0 fully saturated rings. The van der Waals surface area contributed by atoms with Crippen molar-refractivity contribution in [3.05, 3.63) is 76.9 Å². The lowest BCUT2D eigenvalue weighted by Crippen LogP contribution is -2.03. The predicted octanol–water partition coefficient (Wildman–Crippen LogP) is 4.13. The summed E-state index contributed by atoms with van der Waals surface area (Å²) in [5, 5.41) is 13.6. The fraction of sp³-hybridized carbons (Fsp3) is 0.0952. The molecule has 0 bridgehead atoms. The number of carboxylic acids is 1. The molecule has 0 aliphatic rings. The van der Waals surface area contributed by atoms with E-state index in [0.717, 1.165) is 0 Å². The van der Waals surface area contributed by atoms with Crippen molar-refractivity contribution in [2.45, 2.75) is 13.3 Å². The van der Waals surface area contributed by atoms with Crippen LogP contribution < -0.4 is 0 Å². The Morgan fingerprint density at radius 3 is 2.64 bits per heavy atom. The molecule has 0 saturated carbocycles. The second-order valence-electron chi connectivity index (χ2n) is 6.45. The first-order valence-electron chi connectivity index (χ1n) is 8.53. The highest BCUT2D eigenvalue weighted by molar-refractivity contribution is 6.19. The van der Waals surface area contributed by atoms with Gasteiger partial charge in [0.05, 0.1) is 12.0 Å². The molecule has 7 heteroatoms. The Labute approximate surface area is 158 Å². The van der Waals surface area contributed by atoms with E-state index in [1.165, 1.54) is 24.3 Å². The van der Waals surface area contributed by atoms with Gasteiger partial charge in [-0.25, -0.2) is 4.39 Å². The first kappa shape index (κ1) is 17.7. The zero-order chi connectivity index (χ0) is 19.8. The van der Waals surface area contributed by atoms with Crippen LogP contribution in [0.1, 0.15) is 27.2 Å². The summed E-state index contributed by atoms with van der Waals surface area (Å²) in [5.74, 6) is -1.23. The van der Waals surface area contributed by atoms with Crippen molar-refractivity contribution in [3.8, 4) is 11.3 Å². The van der Waals surface area contributed by atoms with Crippen molar-refractivity contribution in [2.75, 3.05) is 0 Å². The number of benzene rings is 2. The second kappa shape index (κ2) is 6.77. The van der Waals surface area contributed by atoms with Crippen LogP contribution in [0.5, 0.6) is 0 Å². The van der Waals surface area contributed by atoms with Gasteiger partial charge in [0.1, 0.15) is 17.3 Å². The third kappa shape index (κ3) is 3.07. The lowest BCUT2D eigenvalue weighted by atomic mass is 9.97. The van der Waals surface area contributed by atoms with Crippen LogP contribution in [0.25, 0.3) is 22.2 Å². The first-order valence-corrected chi connectivity index (χ1v) is 8.53. The summed E-state index contributed by atoms with van der Waals surface area (Å²) in [6, 6.07) is 10.8. The molecule has 4 rings (SSSR count). The quantitative estimate of drug-likeness (QED) is 0.509. The number of aromatic amines is 1. The minimum atomic E-state index is -0.925. The normalized spacial score (nSPS) is 11.1. The Kier molecular flexibility index (Phi) is 4.27. The lowest BCUT2D eigenvalue weighted by molar-refractivity contribution is -0.136. The molecule has 4 aromatic rings. The van der Waals surface area contributed by atoms with Crippen molar-refractivity contribution in [3.63, 3.8) is 0 Å². The number of rotatable bonds is 5. The molecule has 2 aromatic heterocycles. The molecule has 140 valence electrons. The number of aliphatic carboxylic acids is 1. The summed E-state index contributed by atoms with van der Waals surface area (Å²) in [6.07, 6.45) is 1.48. The largest absolute Gasteiger partial charge is 0.481 e. The summed E-state index contributed by atoms with van der Waals surface area (Å²) in [5.41, 5.74) is 2.95. The Morgan fingerprint density at radius 2 is 1.93 bits per heavy atom. The number of nitrogens with one attached hydrogen (secondary N) is 1. The molecule has 2 N–H and O–H groups in total. The van der Waals surface area contributed by atoms with Gasteiger partial charge in [0.2, 0.25) is 5.78 Å². The summed E-state index contributed by atoms with van der Waals surface area (Å²) < 4.78 is 18.5. The van der Waals surface area contributed by atoms with Crippen LogP contribution in [0.3, 0.4) is 0 Å². The first-order chi connectivity index (χ1) is 13.4. The zero-order valence-corrected chi connectivity index (χ0v) is 14.8. The highest BCUT2D eigenvalue weighted by Crippen LogP contribution is 2.30. The van der Waals surface area contributed by atoms with E-state index in [1.807, 2.05) is 0 Å². The fourth-order valence-corrected chi connectivity index (χ4v) is 3.22. The van der Waals surface area contributed by atoms with E-state index < -0.39 is 5.97 Å². The summed E-state index contributed by atoms with van der Waals surface area (Å²) in [4.78, 5) is 27.2. The molecule has 0 amide bonds. The van der Waals surface area contributed by atoms with Gasteiger partial charge in [-0.05, 0) is 42.8 Å². The van der Waals surface area contributed by atoms with Gasteiger partial charge in [-0.15, -0.1) is 0 Å². The molecule has 0 saturated heterocycles. The second-order valence-corrected chi connectivity index (χ2v) is 6.45. The van der Waals surface area contributed by atoms with E-state index in [1.54, 1.807) is 31.3 Å². The Hall–Kier alpha value is -3.74. The maximum Gasteiger partial charge on any atom is 0.307 e. The van der Waals surface area contributed by atoms with Crippen LogP contribution in [-0.2, 0) is 11.2 Å². The van der Waals surface area contributed by atoms with Gasteiger partial charge in [0.25, 0.3) is 0 Å². The maximum absolute atomic E-state index is 13.2. The zero-order valence-electron chi connectivity index (χ0n) is 14.8. The molecule has 0 spiro atoms. The van der Waals surface area contributed by atoms with Gasteiger partial charge in [-0.3, -0.25) is 9.59 Å². The van der Waals surface area contributed by atoms with Gasteiger partial charge >= 0.3 is 5.97 Å². The molecule has 0 unspecified atom stereocenters. The molecule has 6 nitrogen and oxygen atoms in total. The number of carboxylic acid groups (broad SMARTS) is 1. The number of fused-ring (bicyclic) bond motifs is 1. The SMILES string of the molecule is Cc1onc(-c2ccc(F)cc2)c1C(=O)c1c[nH]c2cc(CC(=O)O)ccc12. The van der Waals surface area contributed by atoms with E-state index in [4.69, 9.17) is 9.63 Å². The fourth-order valence-electron chi connectivity index (χ4n) is 3.22. The van der Waals surface area contributed by atoms with E-state index in [0.29, 0.717) is 44.6 Å². The Balaban J connectivity index is 1.77. The Morgan fingerprint density at radius 1 is 1.18 bits per heavy atom. The molecule has 0 atom stereocenters. The van der Waals surface area contributed by atoms with Gasteiger partial charge in [0.15, 0.2) is 0 Å². The molecule has 2 heterocycles. The van der Waals surface area contributed by atoms with Crippen LogP contribution >= 0.6 is 0 Å². The average Bonchev–Trinajstić information content (AvgIpc) is 3.24. The van der Waals surface area contributed by atoms with E-state index >= 15 is 0 Å². The predicted molar refractivity (Wildman–Crippen MR) is 99.7 cm³/mol. The minimum Gasteiger partial charge on any atom is -0.481 e. The molecular weight excluding hydrogens is 363 g/mol. The van der Waals surface area contributed by atoms with Gasteiger partial charge in [-0.1, -0.05) is 17.3 Å². The molecule has 0 aliphatic heterocycles. The van der Waals surface area contributed by atoms with Crippen LogP contribution in [0.2, 0.25) is 0 Å². The van der Waals surface area contributed by atoms with Crippen molar-refractivity contribution < 1.29 is 23.6 Å². The van der Waals surface area contributed by atoms with Crippen LogP contribution in [-0.4, -0.2) is 27.0 Å². The number of aryl methyl sites for hydroxylation is 1. The number of carbonyl (C=O) groups excluding carboxylic acids is 1. The topological polar surface area (TPSA) is 96.2 Å². The van der Waals surface area contributed by atoms with Crippen LogP contribution in [0.4, 0.5) is 4.39 Å². The number of H-pyrrole nitrogens is 1. The summed E-state index contributed by atoms with van der Waals surface area (Å²) in [6.45, 7) is 1.65. The molecule has 28 heavy (non-hydrogen) atoms. The van der Waals surface area contributed by atoms with Crippen molar-refractivity contribution in [1.29, 1.82) is 0 Å². The van der Waals surface area contributed by atoms with Crippen LogP contribution in [0, 0.1) is 12.7 Å². The maximum atomic E-state index is 13.2. The number of halogens is 1. The third-order valence-corrected chi connectivity index (χ3v) is 4.55. The number of nitrogens with zero attached hydrogens (tertiary/aromatic N) is 1. The summed E-state index contributed by atoms with van der Waals surface area (Å²) >= 11 is 0. The highest BCUT2D eigenvalue weighted by Gasteiger charge is 2.25. The van der Waals surface area contributed by atoms with E-state index in [9.17, 15) is 14.0 Å². The number of hydrogen-bond donors (Lipinski definition) is 2. The summed E-state index contributed by atoms with van der Waals surface area (Å²) in [7, 11) is 0. The average molecular weight is 378 g/mol. The van der Waals surface area contributed by atoms with Gasteiger partial charge < -0.3 is 14.6 Å². The lowest BCUT2D eigenvalue weighted by Gasteiger charge is -2.03. The minimum absolute atomic E-state index is 0.0995. The smallest absolute Gasteiger partial charge is 0.307 e.